The van der Waals surface area contributed by atoms with Gasteiger partial charge in [-0.1, -0.05) is 53.7 Å². The van der Waals surface area contributed by atoms with Crippen molar-refractivity contribution in [2.75, 3.05) is 16.8 Å². The summed E-state index contributed by atoms with van der Waals surface area (Å²) in [6, 6.07) is 15.2. The lowest BCUT2D eigenvalue weighted by atomic mass is 10.1. The third-order valence-corrected chi connectivity index (χ3v) is 5.41. The lowest BCUT2D eigenvalue weighted by molar-refractivity contribution is -0.121. The highest BCUT2D eigenvalue weighted by Crippen LogP contribution is 2.32. The van der Waals surface area contributed by atoms with E-state index >= 15 is 0 Å². The van der Waals surface area contributed by atoms with E-state index in [9.17, 15) is 9.59 Å². The molecule has 0 saturated carbocycles. The maximum absolute atomic E-state index is 13.0. The summed E-state index contributed by atoms with van der Waals surface area (Å²) in [7, 11) is 0. The fourth-order valence-electron chi connectivity index (χ4n) is 3.00. The SMILES string of the molecule is Cc1ccc(-c2nc(S[C@H](C)C(=O)N3CC(=O)Nc4ccccc43)n[nH]2)cc1. The summed E-state index contributed by atoms with van der Waals surface area (Å²) < 4.78 is 0. The minimum atomic E-state index is -0.444. The number of carbonyl (C=O) groups excluding carboxylic acids is 2. The Balaban J connectivity index is 1.50. The number of rotatable bonds is 4. The highest BCUT2D eigenvalue weighted by Gasteiger charge is 2.30. The van der Waals surface area contributed by atoms with Crippen molar-refractivity contribution >= 4 is 35.0 Å². The number of hydrogen-bond acceptors (Lipinski definition) is 5. The van der Waals surface area contributed by atoms with Crippen molar-refractivity contribution in [2.24, 2.45) is 0 Å². The number of para-hydroxylation sites is 2. The van der Waals surface area contributed by atoms with E-state index in [0.29, 0.717) is 22.4 Å². The van der Waals surface area contributed by atoms with Crippen LogP contribution in [0.4, 0.5) is 11.4 Å². The van der Waals surface area contributed by atoms with Crippen LogP contribution in [0.1, 0.15) is 12.5 Å². The molecule has 7 nitrogen and oxygen atoms in total. The predicted octanol–water partition coefficient (Wildman–Crippen LogP) is 3.25. The fourth-order valence-corrected chi connectivity index (χ4v) is 3.78. The van der Waals surface area contributed by atoms with E-state index in [4.69, 9.17) is 0 Å². The lowest BCUT2D eigenvalue weighted by Crippen LogP contribution is -2.45. The number of hydrogen-bond donors (Lipinski definition) is 2. The van der Waals surface area contributed by atoms with Gasteiger partial charge in [0.1, 0.15) is 6.54 Å². The molecule has 2 heterocycles. The molecule has 2 N–H and O–H groups in total. The van der Waals surface area contributed by atoms with E-state index in [1.165, 1.54) is 22.2 Å². The molecule has 0 saturated heterocycles. The highest BCUT2D eigenvalue weighted by atomic mass is 32.2. The van der Waals surface area contributed by atoms with Gasteiger partial charge in [-0.25, -0.2) is 4.98 Å². The summed E-state index contributed by atoms with van der Waals surface area (Å²) in [5.41, 5.74) is 3.45. The van der Waals surface area contributed by atoms with Crippen LogP contribution in [0, 0.1) is 6.92 Å². The molecule has 4 rings (SSSR count). The summed E-state index contributed by atoms with van der Waals surface area (Å²) in [5.74, 6) is 0.294. The number of carbonyl (C=O) groups is 2. The third kappa shape index (κ3) is 3.63. The number of anilines is 2. The topological polar surface area (TPSA) is 91.0 Å². The molecule has 0 bridgehead atoms. The minimum absolute atomic E-state index is 0.00333. The van der Waals surface area contributed by atoms with Crippen LogP contribution in [-0.4, -0.2) is 38.8 Å². The Kier molecular flexibility index (Phi) is 4.87. The minimum Gasteiger partial charge on any atom is -0.323 e. The predicted molar refractivity (Wildman–Crippen MR) is 109 cm³/mol. The smallest absolute Gasteiger partial charge is 0.244 e. The van der Waals surface area contributed by atoms with Crippen LogP contribution in [0.3, 0.4) is 0 Å². The normalized spacial score (nSPS) is 14.4. The van der Waals surface area contributed by atoms with Crippen LogP contribution in [0.2, 0.25) is 0 Å². The van der Waals surface area contributed by atoms with Gasteiger partial charge < -0.3 is 5.32 Å². The zero-order valence-electron chi connectivity index (χ0n) is 15.5. The zero-order valence-corrected chi connectivity index (χ0v) is 16.3. The van der Waals surface area contributed by atoms with Crippen LogP contribution in [0.25, 0.3) is 11.4 Å². The van der Waals surface area contributed by atoms with E-state index in [-0.39, 0.29) is 18.4 Å². The molecule has 1 atom stereocenters. The Morgan fingerprint density at radius 2 is 1.93 bits per heavy atom. The van der Waals surface area contributed by atoms with Crippen molar-refractivity contribution < 1.29 is 9.59 Å². The first kappa shape index (κ1) is 18.2. The van der Waals surface area contributed by atoms with Gasteiger partial charge in [0.05, 0.1) is 16.6 Å². The second-order valence-electron chi connectivity index (χ2n) is 6.58. The molecule has 0 spiro atoms. The quantitative estimate of drug-likeness (QED) is 0.664. The van der Waals surface area contributed by atoms with Gasteiger partial charge in [-0.2, -0.15) is 0 Å². The van der Waals surface area contributed by atoms with Gasteiger partial charge in [-0.3, -0.25) is 19.6 Å². The lowest BCUT2D eigenvalue weighted by Gasteiger charge is -2.30. The van der Waals surface area contributed by atoms with Crippen molar-refractivity contribution in [1.29, 1.82) is 0 Å². The molecular formula is C20H19N5O2S. The number of nitrogens with one attached hydrogen (secondary N) is 2. The third-order valence-electron chi connectivity index (χ3n) is 4.46. The molecule has 0 unspecified atom stereocenters. The first-order valence-corrected chi connectivity index (χ1v) is 9.75. The van der Waals surface area contributed by atoms with Crippen LogP contribution in [0.5, 0.6) is 0 Å². The number of benzene rings is 2. The van der Waals surface area contributed by atoms with E-state index in [1.54, 1.807) is 13.0 Å². The number of aromatic amines is 1. The van der Waals surface area contributed by atoms with Gasteiger partial charge in [0.25, 0.3) is 0 Å². The second kappa shape index (κ2) is 7.47. The summed E-state index contributed by atoms with van der Waals surface area (Å²) in [6.07, 6.45) is 0. The largest absolute Gasteiger partial charge is 0.323 e. The van der Waals surface area contributed by atoms with Crippen LogP contribution < -0.4 is 10.2 Å². The number of H-pyrrole nitrogens is 1. The van der Waals surface area contributed by atoms with Crippen molar-refractivity contribution in [2.45, 2.75) is 24.3 Å². The summed E-state index contributed by atoms with van der Waals surface area (Å²) in [5, 5.41) is 9.97. The summed E-state index contributed by atoms with van der Waals surface area (Å²) >= 11 is 1.26. The van der Waals surface area contributed by atoms with E-state index < -0.39 is 5.25 Å². The molecule has 2 amide bonds. The Labute approximate surface area is 166 Å². The van der Waals surface area contributed by atoms with Gasteiger partial charge in [0.15, 0.2) is 5.82 Å². The van der Waals surface area contributed by atoms with Crippen LogP contribution >= 0.6 is 11.8 Å². The van der Waals surface area contributed by atoms with Gasteiger partial charge >= 0.3 is 0 Å². The molecule has 1 aliphatic heterocycles. The van der Waals surface area contributed by atoms with Gasteiger partial charge in [0, 0.05) is 5.56 Å². The number of aryl methyl sites for hydroxylation is 1. The molecule has 1 aromatic heterocycles. The monoisotopic (exact) mass is 393 g/mol. The van der Waals surface area contributed by atoms with E-state index in [2.05, 4.69) is 20.5 Å². The molecule has 3 aromatic rings. The molecule has 0 fully saturated rings. The van der Waals surface area contributed by atoms with E-state index in [1.807, 2.05) is 49.4 Å². The zero-order chi connectivity index (χ0) is 19.7. The number of aromatic nitrogens is 3. The Morgan fingerprint density at radius 3 is 2.71 bits per heavy atom. The maximum Gasteiger partial charge on any atom is 0.244 e. The molecule has 0 aliphatic carbocycles. The standard InChI is InChI=1S/C20H19N5O2S/c1-12-7-9-14(10-8-12)18-22-20(24-23-18)28-13(2)19(27)25-11-17(26)21-15-5-3-4-6-16(15)25/h3-10,13H,11H2,1-2H3,(H,21,26)(H,22,23,24)/t13-/m1/s1. The Bertz CT molecular complexity index is 1030. The van der Waals surface area contributed by atoms with Crippen molar-refractivity contribution in [1.82, 2.24) is 15.2 Å². The number of fused-ring (bicyclic) bond motifs is 1. The summed E-state index contributed by atoms with van der Waals surface area (Å²) in [4.78, 5) is 30.9. The fraction of sp³-hybridized carbons (Fsp3) is 0.200. The van der Waals surface area contributed by atoms with Crippen LogP contribution in [0.15, 0.2) is 53.7 Å². The highest BCUT2D eigenvalue weighted by molar-refractivity contribution is 8.00. The van der Waals surface area contributed by atoms with Crippen molar-refractivity contribution in [3.8, 4) is 11.4 Å². The van der Waals surface area contributed by atoms with Gasteiger partial charge in [-0.15, -0.1) is 5.10 Å². The number of nitrogens with zero attached hydrogens (tertiary/aromatic N) is 3. The molecule has 142 valence electrons. The van der Waals surface area contributed by atoms with Crippen molar-refractivity contribution in [3.63, 3.8) is 0 Å². The van der Waals surface area contributed by atoms with E-state index in [0.717, 1.165) is 5.56 Å². The molecule has 2 aromatic carbocycles. The maximum atomic E-state index is 13.0. The second-order valence-corrected chi connectivity index (χ2v) is 7.89. The molecule has 1 aliphatic rings. The van der Waals surface area contributed by atoms with Crippen molar-refractivity contribution in [3.05, 3.63) is 54.1 Å². The average Bonchev–Trinajstić information content (AvgIpc) is 3.15. The molecule has 8 heteroatoms. The first-order valence-electron chi connectivity index (χ1n) is 8.87. The van der Waals surface area contributed by atoms with Gasteiger partial charge in [0.2, 0.25) is 17.0 Å². The Morgan fingerprint density at radius 1 is 1.18 bits per heavy atom. The number of amides is 2. The Hall–Kier alpha value is -3.13. The molecule has 28 heavy (non-hydrogen) atoms. The first-order chi connectivity index (χ1) is 13.5. The van der Waals surface area contributed by atoms with Crippen LogP contribution in [-0.2, 0) is 9.59 Å². The summed E-state index contributed by atoms with van der Waals surface area (Å²) in [6.45, 7) is 3.82. The average molecular weight is 393 g/mol. The number of thioether (sulfide) groups is 1. The van der Waals surface area contributed by atoms with Gasteiger partial charge in [-0.05, 0) is 26.0 Å². The molecular weight excluding hydrogens is 374 g/mol. The molecule has 0 radical (unpaired) electrons.